The first-order valence-corrected chi connectivity index (χ1v) is 7.75. The summed E-state index contributed by atoms with van der Waals surface area (Å²) in [5.74, 6) is 0.784. The van der Waals surface area contributed by atoms with Crippen molar-refractivity contribution in [3.8, 4) is 0 Å². The van der Waals surface area contributed by atoms with E-state index in [-0.39, 0.29) is 16.2 Å². The number of nitrogens with one attached hydrogen (secondary N) is 1. The lowest BCUT2D eigenvalue weighted by atomic mass is 9.96. The molecule has 0 fully saturated rings. The molecule has 0 aliphatic rings. The average molecular weight is 304 g/mol. The molecule has 0 aromatic carbocycles. The maximum atomic E-state index is 6.43. The summed E-state index contributed by atoms with van der Waals surface area (Å²) in [5, 5.41) is 3.40. The molecule has 0 atom stereocenters. The van der Waals surface area contributed by atoms with Crippen LogP contribution in [0.25, 0.3) is 0 Å². The predicted octanol–water partition coefficient (Wildman–Crippen LogP) is 4.53. The molecule has 4 heteroatoms. The van der Waals surface area contributed by atoms with Gasteiger partial charge in [-0.15, -0.1) is 0 Å². The van der Waals surface area contributed by atoms with Crippen LogP contribution in [0.1, 0.15) is 62.3 Å². The second-order valence-electron chi connectivity index (χ2n) is 9.20. The summed E-state index contributed by atoms with van der Waals surface area (Å²) in [4.78, 5) is 4.68. The summed E-state index contributed by atoms with van der Waals surface area (Å²) in [6.07, 6.45) is 0. The van der Waals surface area contributed by atoms with Crippen molar-refractivity contribution in [2.24, 2.45) is 21.2 Å². The molecular weight excluding hydrogens is 270 g/mol. The van der Waals surface area contributed by atoms with E-state index in [1.165, 1.54) is 0 Å². The van der Waals surface area contributed by atoms with E-state index in [4.69, 9.17) is 11.8 Å². The van der Waals surface area contributed by atoms with Gasteiger partial charge in [-0.1, -0.05) is 62.3 Å². The highest BCUT2D eigenvalue weighted by Gasteiger charge is 2.20. The van der Waals surface area contributed by atoms with E-state index in [2.05, 4.69) is 72.6 Å². The zero-order valence-electron chi connectivity index (χ0n) is 14.9. The fourth-order valence-electron chi connectivity index (χ4n) is 1.37. The van der Waals surface area contributed by atoms with Gasteiger partial charge in [0.15, 0.2) is 0 Å². The van der Waals surface area contributed by atoms with Gasteiger partial charge in [0.05, 0.1) is 0 Å². The molecule has 0 aromatic rings. The van der Waals surface area contributed by atoms with Crippen LogP contribution in [0.5, 0.6) is 0 Å². The third-order valence-corrected chi connectivity index (χ3v) is 2.60. The Hall–Kier alpha value is -0.440. The molecule has 0 saturated carbocycles. The minimum atomic E-state index is 0.133. The van der Waals surface area contributed by atoms with Gasteiger partial charge in [0.25, 0.3) is 0 Å². The van der Waals surface area contributed by atoms with E-state index in [1.807, 2.05) is 0 Å². The van der Waals surface area contributed by atoms with E-state index < -0.39 is 0 Å². The normalized spacial score (nSPS) is 14.4. The van der Waals surface area contributed by atoms with Crippen LogP contribution in [-0.4, -0.2) is 30.0 Å². The number of rotatable bonds is 3. The Labute approximate surface area is 131 Å². The van der Waals surface area contributed by atoms with Gasteiger partial charge in [-0.25, -0.2) is 0 Å². The van der Waals surface area contributed by atoms with Gasteiger partial charge in [-0.3, -0.25) is 9.41 Å². The Balaban J connectivity index is 4.87. The van der Waals surface area contributed by atoms with Crippen molar-refractivity contribution < 1.29 is 0 Å². The van der Waals surface area contributed by atoms with Crippen LogP contribution in [0.15, 0.2) is 4.99 Å². The maximum Gasteiger partial charge on any atom is 0.208 e. The van der Waals surface area contributed by atoms with E-state index >= 15 is 0 Å². The topological polar surface area (TPSA) is 27.6 Å². The lowest BCUT2D eigenvalue weighted by Crippen LogP contribution is -2.43. The standard InChI is InChI=1S/C16H34ClN3/c1-14(2,3)10-18-13(19-11-15(4,5)6)20(17)12-16(7,8)9/h10-12H2,1-9H3,(H,18,19). The third kappa shape index (κ3) is 11.4. The van der Waals surface area contributed by atoms with Crippen molar-refractivity contribution in [3.05, 3.63) is 0 Å². The number of halogens is 1. The van der Waals surface area contributed by atoms with Crippen molar-refractivity contribution in [3.63, 3.8) is 0 Å². The summed E-state index contributed by atoms with van der Waals surface area (Å²) in [6, 6.07) is 0. The van der Waals surface area contributed by atoms with E-state index in [0.717, 1.165) is 25.6 Å². The molecule has 20 heavy (non-hydrogen) atoms. The van der Waals surface area contributed by atoms with Crippen molar-refractivity contribution >= 4 is 17.7 Å². The number of aliphatic imine (C=N–C) groups is 1. The number of hydrogen-bond acceptors (Lipinski definition) is 1. The van der Waals surface area contributed by atoms with Gasteiger partial charge in [0, 0.05) is 31.4 Å². The van der Waals surface area contributed by atoms with E-state index in [0.29, 0.717) is 0 Å². The molecule has 0 aromatic heterocycles. The minimum Gasteiger partial charge on any atom is -0.355 e. The highest BCUT2D eigenvalue weighted by atomic mass is 35.5. The van der Waals surface area contributed by atoms with Crippen molar-refractivity contribution in [2.75, 3.05) is 19.6 Å². The molecule has 0 aliphatic carbocycles. The predicted molar refractivity (Wildman–Crippen MR) is 91.2 cm³/mol. The smallest absolute Gasteiger partial charge is 0.208 e. The molecule has 0 saturated heterocycles. The van der Waals surface area contributed by atoms with Gasteiger partial charge >= 0.3 is 0 Å². The van der Waals surface area contributed by atoms with Crippen LogP contribution in [0.3, 0.4) is 0 Å². The Morgan fingerprint density at radius 2 is 1.40 bits per heavy atom. The Morgan fingerprint density at radius 1 is 0.900 bits per heavy atom. The van der Waals surface area contributed by atoms with Crippen LogP contribution < -0.4 is 5.32 Å². The number of nitrogens with zero attached hydrogens (tertiary/aromatic N) is 2. The van der Waals surface area contributed by atoms with Crippen molar-refractivity contribution in [1.82, 2.24) is 9.74 Å². The van der Waals surface area contributed by atoms with Gasteiger partial charge in [-0.05, 0) is 16.2 Å². The lowest BCUT2D eigenvalue weighted by Gasteiger charge is -2.29. The molecule has 120 valence electrons. The van der Waals surface area contributed by atoms with Crippen molar-refractivity contribution in [2.45, 2.75) is 62.3 Å². The quantitative estimate of drug-likeness (QED) is 0.471. The summed E-state index contributed by atoms with van der Waals surface area (Å²) >= 11 is 6.43. The van der Waals surface area contributed by atoms with Gasteiger partial charge in [0.1, 0.15) is 0 Å². The summed E-state index contributed by atoms with van der Waals surface area (Å²) in [5.41, 5.74) is 0.490. The summed E-state index contributed by atoms with van der Waals surface area (Å²) in [7, 11) is 0. The SMILES string of the molecule is CC(C)(C)CN=C(NCC(C)(C)C)N(Cl)CC(C)(C)C. The Kier molecular flexibility index (Phi) is 6.86. The first kappa shape index (κ1) is 19.6. The fourth-order valence-corrected chi connectivity index (χ4v) is 1.84. The van der Waals surface area contributed by atoms with Crippen LogP contribution in [0.4, 0.5) is 0 Å². The highest BCUT2D eigenvalue weighted by molar-refractivity contribution is 6.21. The molecule has 0 unspecified atom stereocenters. The minimum absolute atomic E-state index is 0.133. The Bertz CT molecular complexity index is 316. The lowest BCUT2D eigenvalue weighted by molar-refractivity contribution is 0.338. The molecule has 0 aliphatic heterocycles. The molecule has 0 rings (SSSR count). The van der Waals surface area contributed by atoms with Crippen LogP contribution >= 0.6 is 11.8 Å². The average Bonchev–Trinajstić information content (AvgIpc) is 2.10. The van der Waals surface area contributed by atoms with Gasteiger partial charge in [-0.2, -0.15) is 0 Å². The van der Waals surface area contributed by atoms with Gasteiger partial charge in [0.2, 0.25) is 5.96 Å². The molecule has 1 N–H and O–H groups in total. The van der Waals surface area contributed by atoms with Crippen molar-refractivity contribution in [1.29, 1.82) is 0 Å². The molecule has 0 amide bonds. The fraction of sp³-hybridized carbons (Fsp3) is 0.938. The summed E-state index contributed by atoms with van der Waals surface area (Å²) < 4.78 is 1.72. The zero-order valence-corrected chi connectivity index (χ0v) is 15.6. The second kappa shape index (κ2) is 7.02. The molecule has 0 heterocycles. The first-order valence-electron chi connectivity index (χ1n) is 7.41. The monoisotopic (exact) mass is 303 g/mol. The largest absolute Gasteiger partial charge is 0.355 e. The zero-order chi connectivity index (χ0) is 16.2. The first-order chi connectivity index (χ1) is 8.70. The van der Waals surface area contributed by atoms with E-state index in [1.54, 1.807) is 4.42 Å². The molecule has 0 bridgehead atoms. The second-order valence-corrected chi connectivity index (χ2v) is 9.60. The molecule has 0 spiro atoms. The maximum absolute atomic E-state index is 6.43. The third-order valence-electron chi connectivity index (χ3n) is 2.32. The molecule has 3 nitrogen and oxygen atoms in total. The molecular formula is C16H34ClN3. The van der Waals surface area contributed by atoms with Crippen LogP contribution in [0, 0.1) is 16.2 Å². The molecule has 0 radical (unpaired) electrons. The van der Waals surface area contributed by atoms with Crippen LogP contribution in [-0.2, 0) is 0 Å². The highest BCUT2D eigenvalue weighted by Crippen LogP contribution is 2.19. The summed E-state index contributed by atoms with van der Waals surface area (Å²) in [6.45, 7) is 22.0. The van der Waals surface area contributed by atoms with Gasteiger partial charge < -0.3 is 5.32 Å². The number of hydrogen-bond donors (Lipinski definition) is 1. The van der Waals surface area contributed by atoms with Crippen LogP contribution in [0.2, 0.25) is 0 Å². The van der Waals surface area contributed by atoms with E-state index in [9.17, 15) is 0 Å². The number of guanidine groups is 1. The Morgan fingerprint density at radius 3 is 1.75 bits per heavy atom.